The molecule has 0 fully saturated rings. The number of nitrogens with zero attached hydrogens (tertiary/aromatic N) is 2. The second-order valence-electron chi connectivity index (χ2n) is 4.54. The number of anilines is 1. The van der Waals surface area contributed by atoms with Crippen molar-refractivity contribution in [2.75, 3.05) is 4.90 Å². The first-order chi connectivity index (χ1) is 10.3. The molecule has 0 N–H and O–H groups in total. The predicted molar refractivity (Wildman–Crippen MR) is 79.9 cm³/mol. The molecule has 3 aromatic rings. The van der Waals surface area contributed by atoms with Crippen LogP contribution in [0.1, 0.15) is 16.1 Å². The van der Waals surface area contributed by atoms with Gasteiger partial charge in [0.25, 0.3) is 5.91 Å². The van der Waals surface area contributed by atoms with Gasteiger partial charge in [0.2, 0.25) is 0 Å². The molecule has 0 aliphatic carbocycles. The lowest BCUT2D eigenvalue weighted by atomic mass is 10.2. The van der Waals surface area contributed by atoms with Crippen molar-refractivity contribution in [1.29, 1.82) is 0 Å². The zero-order valence-corrected chi connectivity index (χ0v) is 11.3. The Bertz CT molecular complexity index is 694. The van der Waals surface area contributed by atoms with Gasteiger partial charge < -0.3 is 4.42 Å². The molecule has 21 heavy (non-hydrogen) atoms. The van der Waals surface area contributed by atoms with Crippen LogP contribution < -0.4 is 4.90 Å². The largest absolute Gasteiger partial charge is 0.459 e. The molecular weight excluding hydrogens is 264 g/mol. The van der Waals surface area contributed by atoms with Gasteiger partial charge >= 0.3 is 0 Å². The van der Waals surface area contributed by atoms with E-state index in [2.05, 4.69) is 4.98 Å². The van der Waals surface area contributed by atoms with E-state index in [0.29, 0.717) is 18.1 Å². The lowest BCUT2D eigenvalue weighted by Crippen LogP contribution is -2.30. The number of pyridine rings is 1. The van der Waals surface area contributed by atoms with E-state index in [1.807, 2.05) is 48.5 Å². The molecule has 0 saturated heterocycles. The maximum Gasteiger partial charge on any atom is 0.295 e. The molecule has 2 heterocycles. The summed E-state index contributed by atoms with van der Waals surface area (Å²) in [6.45, 7) is 0.442. The number of benzene rings is 1. The van der Waals surface area contributed by atoms with Gasteiger partial charge in [-0.15, -0.1) is 0 Å². The van der Waals surface area contributed by atoms with Gasteiger partial charge in [-0.1, -0.05) is 36.4 Å². The van der Waals surface area contributed by atoms with Crippen LogP contribution in [0, 0.1) is 0 Å². The fourth-order valence-corrected chi connectivity index (χ4v) is 2.07. The Morgan fingerprint density at radius 2 is 1.81 bits per heavy atom. The van der Waals surface area contributed by atoms with E-state index in [1.54, 1.807) is 23.2 Å². The van der Waals surface area contributed by atoms with E-state index in [4.69, 9.17) is 4.42 Å². The van der Waals surface area contributed by atoms with E-state index in [9.17, 15) is 4.79 Å². The van der Waals surface area contributed by atoms with Crippen molar-refractivity contribution in [3.8, 4) is 0 Å². The molecule has 1 amide bonds. The van der Waals surface area contributed by atoms with Crippen LogP contribution in [0.25, 0.3) is 0 Å². The van der Waals surface area contributed by atoms with E-state index < -0.39 is 0 Å². The van der Waals surface area contributed by atoms with Crippen molar-refractivity contribution in [3.05, 3.63) is 84.4 Å². The molecule has 0 aliphatic rings. The average molecular weight is 278 g/mol. The van der Waals surface area contributed by atoms with Crippen LogP contribution in [0.3, 0.4) is 0 Å². The van der Waals surface area contributed by atoms with Crippen molar-refractivity contribution < 1.29 is 9.21 Å². The third-order valence-corrected chi connectivity index (χ3v) is 3.09. The molecule has 4 nitrogen and oxygen atoms in total. The predicted octanol–water partition coefficient (Wildman–Crippen LogP) is 3.52. The summed E-state index contributed by atoms with van der Waals surface area (Å²) in [5, 5.41) is 0. The summed E-state index contributed by atoms with van der Waals surface area (Å²) in [5.41, 5.74) is 1.03. The zero-order chi connectivity index (χ0) is 14.5. The number of hydrogen-bond acceptors (Lipinski definition) is 3. The Balaban J connectivity index is 1.93. The molecule has 0 unspecified atom stereocenters. The van der Waals surface area contributed by atoms with Crippen LogP contribution in [-0.2, 0) is 6.54 Å². The number of carbonyl (C=O) groups is 1. The lowest BCUT2D eigenvalue weighted by molar-refractivity contribution is 0.0957. The standard InChI is InChI=1S/C17H14N2O2/c20-17(15-9-6-12-21-15)19(16-10-4-5-11-18-16)13-14-7-2-1-3-8-14/h1-12H,13H2. The van der Waals surface area contributed by atoms with Gasteiger partial charge in [-0.25, -0.2) is 4.98 Å². The molecule has 0 radical (unpaired) electrons. The van der Waals surface area contributed by atoms with Gasteiger partial charge in [0, 0.05) is 6.20 Å². The Labute approximate surface area is 122 Å². The van der Waals surface area contributed by atoms with Crippen LogP contribution in [0.4, 0.5) is 5.82 Å². The first-order valence-corrected chi connectivity index (χ1v) is 6.65. The monoisotopic (exact) mass is 278 g/mol. The van der Waals surface area contributed by atoms with Crippen LogP contribution in [0.15, 0.2) is 77.5 Å². The Morgan fingerprint density at radius 3 is 2.48 bits per heavy atom. The fraction of sp³-hybridized carbons (Fsp3) is 0.0588. The minimum Gasteiger partial charge on any atom is -0.459 e. The summed E-state index contributed by atoms with van der Waals surface area (Å²) in [6.07, 6.45) is 3.16. The second kappa shape index (κ2) is 6.05. The highest BCUT2D eigenvalue weighted by atomic mass is 16.3. The zero-order valence-electron chi connectivity index (χ0n) is 11.3. The van der Waals surface area contributed by atoms with Crippen molar-refractivity contribution in [2.24, 2.45) is 0 Å². The normalized spacial score (nSPS) is 10.3. The molecule has 1 aromatic carbocycles. The van der Waals surface area contributed by atoms with Crippen LogP contribution in [0.2, 0.25) is 0 Å². The third kappa shape index (κ3) is 3.00. The van der Waals surface area contributed by atoms with Gasteiger partial charge in [0.05, 0.1) is 12.8 Å². The topological polar surface area (TPSA) is 46.3 Å². The third-order valence-electron chi connectivity index (χ3n) is 3.09. The Hall–Kier alpha value is -2.88. The molecule has 0 spiro atoms. The van der Waals surface area contributed by atoms with E-state index in [-0.39, 0.29) is 5.91 Å². The number of rotatable bonds is 4. The summed E-state index contributed by atoms with van der Waals surface area (Å²) in [5.74, 6) is 0.696. The van der Waals surface area contributed by atoms with Crippen LogP contribution in [0.5, 0.6) is 0 Å². The number of furan rings is 1. The van der Waals surface area contributed by atoms with Crippen molar-refractivity contribution in [2.45, 2.75) is 6.54 Å². The molecule has 4 heteroatoms. The van der Waals surface area contributed by atoms with Gasteiger partial charge in [0.1, 0.15) is 5.82 Å². The van der Waals surface area contributed by atoms with E-state index in [1.165, 1.54) is 6.26 Å². The summed E-state index contributed by atoms with van der Waals surface area (Å²) in [7, 11) is 0. The maximum atomic E-state index is 12.6. The minimum absolute atomic E-state index is 0.206. The Kier molecular flexibility index (Phi) is 3.78. The minimum atomic E-state index is -0.206. The van der Waals surface area contributed by atoms with Gasteiger partial charge in [-0.05, 0) is 29.8 Å². The fourth-order valence-electron chi connectivity index (χ4n) is 2.07. The number of aromatic nitrogens is 1. The van der Waals surface area contributed by atoms with Gasteiger partial charge in [-0.2, -0.15) is 0 Å². The van der Waals surface area contributed by atoms with E-state index in [0.717, 1.165) is 5.56 Å². The lowest BCUT2D eigenvalue weighted by Gasteiger charge is -2.20. The highest BCUT2D eigenvalue weighted by molar-refractivity contribution is 6.03. The molecule has 0 bridgehead atoms. The van der Waals surface area contributed by atoms with Crippen LogP contribution >= 0.6 is 0 Å². The summed E-state index contributed by atoms with van der Waals surface area (Å²) < 4.78 is 5.22. The average Bonchev–Trinajstić information content (AvgIpc) is 3.08. The molecule has 104 valence electrons. The summed E-state index contributed by atoms with van der Waals surface area (Å²) >= 11 is 0. The molecule has 0 aliphatic heterocycles. The quantitative estimate of drug-likeness (QED) is 0.733. The van der Waals surface area contributed by atoms with Crippen molar-refractivity contribution in [1.82, 2.24) is 4.98 Å². The van der Waals surface area contributed by atoms with Gasteiger partial charge in [-0.3, -0.25) is 9.69 Å². The number of carbonyl (C=O) groups excluding carboxylic acids is 1. The summed E-state index contributed by atoms with van der Waals surface area (Å²) in [4.78, 5) is 18.5. The molecular formula is C17H14N2O2. The van der Waals surface area contributed by atoms with Crippen molar-refractivity contribution in [3.63, 3.8) is 0 Å². The van der Waals surface area contributed by atoms with Gasteiger partial charge in [0.15, 0.2) is 5.76 Å². The number of hydrogen-bond donors (Lipinski definition) is 0. The Morgan fingerprint density at radius 1 is 1.00 bits per heavy atom. The second-order valence-corrected chi connectivity index (χ2v) is 4.54. The number of amides is 1. The highest BCUT2D eigenvalue weighted by Gasteiger charge is 2.21. The summed E-state index contributed by atoms with van der Waals surface area (Å²) in [6, 6.07) is 18.6. The van der Waals surface area contributed by atoms with Crippen molar-refractivity contribution >= 4 is 11.7 Å². The molecule has 0 saturated carbocycles. The van der Waals surface area contributed by atoms with E-state index >= 15 is 0 Å². The molecule has 2 aromatic heterocycles. The maximum absolute atomic E-state index is 12.6. The SMILES string of the molecule is O=C(c1ccco1)N(Cc1ccccc1)c1ccccn1. The first kappa shape index (κ1) is 13.1. The molecule has 3 rings (SSSR count). The molecule has 0 atom stereocenters. The van der Waals surface area contributed by atoms with Crippen LogP contribution in [-0.4, -0.2) is 10.9 Å². The highest BCUT2D eigenvalue weighted by Crippen LogP contribution is 2.17. The smallest absolute Gasteiger partial charge is 0.295 e. The first-order valence-electron chi connectivity index (χ1n) is 6.65.